The van der Waals surface area contributed by atoms with Crippen molar-refractivity contribution in [1.82, 2.24) is 10.2 Å². The van der Waals surface area contributed by atoms with Crippen LogP contribution in [0.15, 0.2) is 24.3 Å². The van der Waals surface area contributed by atoms with Crippen LogP contribution in [-0.4, -0.2) is 37.7 Å². The Bertz CT molecular complexity index is 413. The van der Waals surface area contributed by atoms with Crippen LogP contribution in [0.25, 0.3) is 0 Å². The van der Waals surface area contributed by atoms with E-state index in [1.807, 2.05) is 19.2 Å². The fourth-order valence-corrected chi connectivity index (χ4v) is 2.80. The summed E-state index contributed by atoms with van der Waals surface area (Å²) < 4.78 is 29.5. The predicted molar refractivity (Wildman–Crippen MR) is 75.0 cm³/mol. The number of likely N-dealkylation sites (tertiary alicyclic amines) is 1. The van der Waals surface area contributed by atoms with Crippen molar-refractivity contribution in [2.45, 2.75) is 38.5 Å². The van der Waals surface area contributed by atoms with Crippen molar-refractivity contribution in [1.29, 1.82) is 0 Å². The number of para-hydroxylation sites is 1. The zero-order chi connectivity index (χ0) is 14.4. The molecule has 1 aromatic rings. The van der Waals surface area contributed by atoms with Gasteiger partial charge in [0.25, 0.3) is 0 Å². The summed E-state index contributed by atoms with van der Waals surface area (Å²) in [6.45, 7) is -0.173. The Kier molecular flexibility index (Phi) is 5.73. The van der Waals surface area contributed by atoms with E-state index >= 15 is 0 Å². The summed E-state index contributed by atoms with van der Waals surface area (Å²) in [5, 5.41) is 3.21. The fourth-order valence-electron chi connectivity index (χ4n) is 2.80. The number of benzene rings is 1. The molecule has 0 aliphatic carbocycles. The summed E-state index contributed by atoms with van der Waals surface area (Å²) in [5.41, 5.74) is 0.829. The van der Waals surface area contributed by atoms with Crippen LogP contribution >= 0.6 is 0 Å². The van der Waals surface area contributed by atoms with Crippen molar-refractivity contribution in [2.75, 3.05) is 20.1 Å². The van der Waals surface area contributed by atoms with E-state index in [1.165, 1.54) is 6.42 Å². The molecular formula is C15H22F2N2O. The van der Waals surface area contributed by atoms with Crippen LogP contribution in [0.1, 0.15) is 24.8 Å². The third kappa shape index (κ3) is 4.15. The summed E-state index contributed by atoms with van der Waals surface area (Å²) in [7, 11) is 1.95. The van der Waals surface area contributed by atoms with Crippen LogP contribution in [0.3, 0.4) is 0 Å². The smallest absolute Gasteiger partial charge is 0.387 e. The lowest BCUT2D eigenvalue weighted by atomic mass is 10.0. The molecule has 112 valence electrons. The van der Waals surface area contributed by atoms with Gasteiger partial charge in [0, 0.05) is 24.7 Å². The molecular weight excluding hydrogens is 262 g/mol. The summed E-state index contributed by atoms with van der Waals surface area (Å²) in [5.74, 6) is 0.288. The van der Waals surface area contributed by atoms with Gasteiger partial charge in [-0.05, 0) is 32.5 Å². The fraction of sp³-hybridized carbons (Fsp3) is 0.600. The normalized spacial score (nSPS) is 20.3. The van der Waals surface area contributed by atoms with Gasteiger partial charge in [0.2, 0.25) is 0 Å². The Morgan fingerprint density at radius 2 is 2.15 bits per heavy atom. The van der Waals surface area contributed by atoms with Crippen molar-refractivity contribution in [2.24, 2.45) is 0 Å². The van der Waals surface area contributed by atoms with Crippen LogP contribution in [0, 0.1) is 0 Å². The molecule has 0 bridgehead atoms. The first-order chi connectivity index (χ1) is 9.70. The van der Waals surface area contributed by atoms with Gasteiger partial charge in [-0.15, -0.1) is 0 Å². The standard InChI is InChI=1S/C15H22F2N2O/c1-18-10-13-7-4-5-9-19(13)11-12-6-2-3-8-14(12)20-15(16)17/h2-3,6,8,13,15,18H,4-5,7,9-11H2,1H3. The second-order valence-corrected chi connectivity index (χ2v) is 5.16. The average Bonchev–Trinajstić information content (AvgIpc) is 2.43. The number of nitrogens with zero attached hydrogens (tertiary/aromatic N) is 1. The molecule has 0 spiro atoms. The van der Waals surface area contributed by atoms with Crippen LogP contribution < -0.4 is 10.1 Å². The molecule has 2 rings (SSSR count). The van der Waals surface area contributed by atoms with Crippen molar-refractivity contribution < 1.29 is 13.5 Å². The maximum absolute atomic E-state index is 12.4. The topological polar surface area (TPSA) is 24.5 Å². The van der Waals surface area contributed by atoms with E-state index in [0.29, 0.717) is 12.6 Å². The lowest BCUT2D eigenvalue weighted by molar-refractivity contribution is -0.0509. The zero-order valence-electron chi connectivity index (χ0n) is 11.8. The highest BCUT2D eigenvalue weighted by atomic mass is 19.3. The number of halogens is 2. The van der Waals surface area contributed by atoms with Gasteiger partial charge in [-0.1, -0.05) is 24.6 Å². The van der Waals surface area contributed by atoms with E-state index in [1.54, 1.807) is 12.1 Å². The SMILES string of the molecule is CNCC1CCCCN1Cc1ccccc1OC(F)F. The van der Waals surface area contributed by atoms with Gasteiger partial charge < -0.3 is 10.1 Å². The van der Waals surface area contributed by atoms with Crippen LogP contribution in [0.4, 0.5) is 8.78 Å². The maximum Gasteiger partial charge on any atom is 0.387 e. The van der Waals surface area contributed by atoms with Crippen molar-refractivity contribution in [3.8, 4) is 5.75 Å². The largest absolute Gasteiger partial charge is 0.434 e. The number of hydrogen-bond acceptors (Lipinski definition) is 3. The Morgan fingerprint density at radius 3 is 2.90 bits per heavy atom. The Morgan fingerprint density at radius 1 is 1.35 bits per heavy atom. The number of rotatable bonds is 6. The highest BCUT2D eigenvalue weighted by molar-refractivity contribution is 5.33. The van der Waals surface area contributed by atoms with Gasteiger partial charge in [-0.25, -0.2) is 0 Å². The highest BCUT2D eigenvalue weighted by Crippen LogP contribution is 2.25. The molecule has 1 aromatic carbocycles. The van der Waals surface area contributed by atoms with Gasteiger partial charge in [0.1, 0.15) is 5.75 Å². The Balaban J connectivity index is 2.07. The number of hydrogen-bond donors (Lipinski definition) is 1. The number of alkyl halides is 2. The second kappa shape index (κ2) is 7.55. The first kappa shape index (κ1) is 15.2. The van der Waals surface area contributed by atoms with Gasteiger partial charge in [-0.3, -0.25) is 4.90 Å². The molecule has 1 atom stereocenters. The van der Waals surface area contributed by atoms with E-state index in [-0.39, 0.29) is 5.75 Å². The van der Waals surface area contributed by atoms with Crippen LogP contribution in [-0.2, 0) is 6.54 Å². The van der Waals surface area contributed by atoms with E-state index in [0.717, 1.165) is 31.5 Å². The van der Waals surface area contributed by atoms with Gasteiger partial charge in [0.05, 0.1) is 0 Å². The molecule has 1 fully saturated rings. The number of ether oxygens (including phenoxy) is 1. The minimum atomic E-state index is -2.77. The molecule has 0 amide bonds. The molecule has 1 saturated heterocycles. The highest BCUT2D eigenvalue weighted by Gasteiger charge is 2.23. The van der Waals surface area contributed by atoms with Gasteiger partial charge in [0.15, 0.2) is 0 Å². The van der Waals surface area contributed by atoms with E-state index in [9.17, 15) is 8.78 Å². The summed E-state index contributed by atoms with van der Waals surface area (Å²) >= 11 is 0. The maximum atomic E-state index is 12.4. The van der Waals surface area contributed by atoms with Crippen molar-refractivity contribution in [3.63, 3.8) is 0 Å². The molecule has 1 aliphatic heterocycles. The van der Waals surface area contributed by atoms with Crippen LogP contribution in [0.5, 0.6) is 5.75 Å². The second-order valence-electron chi connectivity index (χ2n) is 5.16. The molecule has 1 aliphatic rings. The molecule has 1 unspecified atom stereocenters. The summed E-state index contributed by atoms with van der Waals surface area (Å²) in [6.07, 6.45) is 3.55. The van der Waals surface area contributed by atoms with E-state index in [4.69, 9.17) is 0 Å². The van der Waals surface area contributed by atoms with Crippen molar-refractivity contribution >= 4 is 0 Å². The molecule has 0 saturated carbocycles. The molecule has 0 aromatic heterocycles. The molecule has 1 heterocycles. The van der Waals surface area contributed by atoms with E-state index in [2.05, 4.69) is 15.0 Å². The minimum Gasteiger partial charge on any atom is -0.434 e. The van der Waals surface area contributed by atoms with Crippen molar-refractivity contribution in [3.05, 3.63) is 29.8 Å². The molecule has 3 nitrogen and oxygen atoms in total. The lowest BCUT2D eigenvalue weighted by Gasteiger charge is -2.36. The quantitative estimate of drug-likeness (QED) is 0.869. The predicted octanol–water partition coefficient (Wildman–Crippen LogP) is 2.86. The molecule has 0 radical (unpaired) electrons. The monoisotopic (exact) mass is 284 g/mol. The minimum absolute atomic E-state index is 0.288. The summed E-state index contributed by atoms with van der Waals surface area (Å²) in [6, 6.07) is 7.53. The third-order valence-corrected chi connectivity index (χ3v) is 3.75. The lowest BCUT2D eigenvalue weighted by Crippen LogP contribution is -2.44. The van der Waals surface area contributed by atoms with E-state index < -0.39 is 6.61 Å². The average molecular weight is 284 g/mol. The van der Waals surface area contributed by atoms with Gasteiger partial charge >= 0.3 is 6.61 Å². The molecule has 5 heteroatoms. The first-order valence-corrected chi connectivity index (χ1v) is 7.12. The van der Waals surface area contributed by atoms with Gasteiger partial charge in [-0.2, -0.15) is 8.78 Å². The molecule has 20 heavy (non-hydrogen) atoms. The first-order valence-electron chi connectivity index (χ1n) is 7.12. The zero-order valence-corrected chi connectivity index (χ0v) is 11.8. The molecule has 1 N–H and O–H groups in total. The number of piperidine rings is 1. The Hall–Kier alpha value is -1.20. The Labute approximate surface area is 118 Å². The number of likely N-dealkylation sites (N-methyl/N-ethyl adjacent to an activating group) is 1. The van der Waals surface area contributed by atoms with Crippen LogP contribution in [0.2, 0.25) is 0 Å². The third-order valence-electron chi connectivity index (χ3n) is 3.75. The number of nitrogens with one attached hydrogen (secondary N) is 1. The summed E-state index contributed by atoms with van der Waals surface area (Å²) in [4.78, 5) is 2.35.